The zero-order valence-electron chi connectivity index (χ0n) is 21.9. The number of carbonyl (C=O) groups excluding carboxylic acids is 2. The van der Waals surface area contributed by atoms with Gasteiger partial charge in [-0.15, -0.1) is 0 Å². The number of halogens is 1. The van der Waals surface area contributed by atoms with Crippen molar-refractivity contribution in [2.45, 2.75) is 63.9 Å². The summed E-state index contributed by atoms with van der Waals surface area (Å²) in [5, 5.41) is 16.5. The number of alkyl halides is 1. The number of aromatic nitrogens is 1. The molecule has 212 valence electrons. The van der Waals surface area contributed by atoms with E-state index in [1.165, 1.54) is 18.0 Å². The molecule has 3 heterocycles. The Bertz CT molecular complexity index is 1330. The molecule has 1 fully saturated rings. The number of nitrogens with zero attached hydrogens (tertiary/aromatic N) is 1. The Morgan fingerprint density at radius 2 is 2.10 bits per heavy atom. The Hall–Kier alpha value is -3.22. The average molecular weight is 567 g/mol. The standard InChI is InChI=1S/C25H32FN4O8P/c1-14(2)36-23(33)15(3)29-39(34,38-18-6-7-19-17(12-18)8-10-27-19)35-13-20-22(32)25(5,26)24(37-20)30-11-9-21(31)28-16(30)4/h6-12,14-15,20,22,24,27,32H,4,13H2,1-3,5H3,(H,28,31)(H,29,34)/t15-,20+,22+,24+,25+,39?/m0/s1. The quantitative estimate of drug-likeness (QED) is 0.250. The lowest BCUT2D eigenvalue weighted by molar-refractivity contribution is -0.149. The minimum atomic E-state index is -4.32. The van der Waals surface area contributed by atoms with Crippen LogP contribution in [0.25, 0.3) is 10.9 Å². The highest BCUT2D eigenvalue weighted by Gasteiger charge is 2.57. The number of benzene rings is 1. The van der Waals surface area contributed by atoms with E-state index in [0.29, 0.717) is 0 Å². The Morgan fingerprint density at radius 3 is 2.79 bits per heavy atom. The molecule has 1 saturated heterocycles. The van der Waals surface area contributed by atoms with E-state index < -0.39 is 62.5 Å². The van der Waals surface area contributed by atoms with Crippen LogP contribution in [0, 0.1) is 0 Å². The number of hydrogen-bond donors (Lipinski definition) is 4. The highest BCUT2D eigenvalue weighted by molar-refractivity contribution is 7.52. The Labute approximate surface area is 224 Å². The van der Waals surface area contributed by atoms with E-state index in [1.807, 2.05) is 0 Å². The summed E-state index contributed by atoms with van der Waals surface area (Å²) in [4.78, 5) is 28.2. The van der Waals surface area contributed by atoms with Crippen LogP contribution in [0.2, 0.25) is 0 Å². The van der Waals surface area contributed by atoms with Crippen molar-refractivity contribution in [1.82, 2.24) is 20.3 Å². The number of esters is 1. The smallest absolute Gasteiger partial charge is 0.459 e. The lowest BCUT2D eigenvalue weighted by atomic mass is 9.98. The summed E-state index contributed by atoms with van der Waals surface area (Å²) in [6.45, 7) is 9.01. The Morgan fingerprint density at radius 1 is 1.36 bits per heavy atom. The van der Waals surface area contributed by atoms with Crippen molar-refractivity contribution < 1.29 is 42.2 Å². The molecule has 0 radical (unpaired) electrons. The van der Waals surface area contributed by atoms with E-state index in [9.17, 15) is 19.3 Å². The van der Waals surface area contributed by atoms with Crippen LogP contribution < -0.4 is 14.9 Å². The van der Waals surface area contributed by atoms with Gasteiger partial charge in [0.05, 0.1) is 12.7 Å². The van der Waals surface area contributed by atoms with Crippen LogP contribution in [-0.2, 0) is 28.2 Å². The van der Waals surface area contributed by atoms with Gasteiger partial charge in [-0.2, -0.15) is 5.09 Å². The summed E-state index contributed by atoms with van der Waals surface area (Å²) in [5.74, 6) is -0.903. The number of aromatic amines is 1. The van der Waals surface area contributed by atoms with Crippen molar-refractivity contribution in [2.24, 2.45) is 0 Å². The van der Waals surface area contributed by atoms with Crippen molar-refractivity contribution in [3.63, 3.8) is 0 Å². The van der Waals surface area contributed by atoms with Gasteiger partial charge in [0, 0.05) is 29.4 Å². The van der Waals surface area contributed by atoms with Crippen molar-refractivity contribution in [3.05, 3.63) is 55.1 Å². The van der Waals surface area contributed by atoms with Crippen LogP contribution in [0.5, 0.6) is 5.75 Å². The van der Waals surface area contributed by atoms with E-state index in [1.54, 1.807) is 44.3 Å². The van der Waals surface area contributed by atoms with Gasteiger partial charge in [0.15, 0.2) is 11.9 Å². The van der Waals surface area contributed by atoms with Gasteiger partial charge in [0.2, 0.25) is 0 Å². The third kappa shape index (κ3) is 6.34. The van der Waals surface area contributed by atoms with Gasteiger partial charge < -0.3 is 34.3 Å². The fourth-order valence-corrected chi connectivity index (χ4v) is 5.66. The number of H-pyrrole nitrogens is 1. The summed E-state index contributed by atoms with van der Waals surface area (Å²) in [6.07, 6.45) is -0.628. The highest BCUT2D eigenvalue weighted by Crippen LogP contribution is 2.47. The predicted molar refractivity (Wildman–Crippen MR) is 139 cm³/mol. The molecule has 1 unspecified atom stereocenters. The van der Waals surface area contributed by atoms with Gasteiger partial charge >= 0.3 is 13.7 Å². The number of aliphatic hydroxyl groups is 1. The molecule has 12 nitrogen and oxygen atoms in total. The summed E-state index contributed by atoms with van der Waals surface area (Å²) in [5.41, 5.74) is -1.52. The second-order valence-electron chi connectivity index (χ2n) is 9.73. The highest BCUT2D eigenvalue weighted by atomic mass is 31.2. The fraction of sp³-hybridized carbons (Fsp3) is 0.440. The molecule has 0 bridgehead atoms. The molecule has 0 saturated carbocycles. The number of ether oxygens (including phenoxy) is 2. The van der Waals surface area contributed by atoms with Gasteiger partial charge in [-0.25, -0.2) is 8.96 Å². The molecule has 2 aromatic rings. The number of carbonyl (C=O) groups is 2. The molecule has 1 amide bonds. The van der Waals surface area contributed by atoms with Gasteiger partial charge in [0.1, 0.15) is 29.8 Å². The normalized spacial score (nSPS) is 27.5. The summed E-state index contributed by atoms with van der Waals surface area (Å²) >= 11 is 0. The van der Waals surface area contributed by atoms with Crippen LogP contribution in [0.3, 0.4) is 0 Å². The van der Waals surface area contributed by atoms with Crippen LogP contribution in [0.1, 0.15) is 27.7 Å². The average Bonchev–Trinajstić information content (AvgIpc) is 3.39. The molecule has 0 spiro atoms. The Balaban J connectivity index is 1.53. The monoisotopic (exact) mass is 566 g/mol. The fourth-order valence-electron chi connectivity index (χ4n) is 4.17. The SMILES string of the molecule is C=C1NC(=O)C=CN1[C@@H]1O[C@H](COP(=O)(N[C@@H](C)C(=O)OC(C)C)Oc2ccc3[nH]ccc3c2)[C@@H](O)[C@@]1(C)F. The number of aliphatic hydroxyl groups excluding tert-OH is 1. The molecular weight excluding hydrogens is 534 g/mol. The molecule has 2 aliphatic heterocycles. The zero-order chi connectivity index (χ0) is 28.5. The molecule has 4 N–H and O–H groups in total. The minimum Gasteiger partial charge on any atom is -0.462 e. The molecule has 0 aliphatic carbocycles. The van der Waals surface area contributed by atoms with E-state index >= 15 is 4.39 Å². The van der Waals surface area contributed by atoms with Crippen LogP contribution >= 0.6 is 7.75 Å². The Kier molecular flexibility index (Phi) is 8.20. The number of nitrogens with one attached hydrogen (secondary N) is 3. The molecular formula is C25H32FN4O8P. The largest absolute Gasteiger partial charge is 0.462 e. The van der Waals surface area contributed by atoms with Crippen LogP contribution in [0.15, 0.2) is 55.1 Å². The second kappa shape index (κ2) is 11.1. The molecule has 4 rings (SSSR count). The zero-order valence-corrected chi connectivity index (χ0v) is 22.8. The van der Waals surface area contributed by atoms with E-state index in [0.717, 1.165) is 23.9 Å². The van der Waals surface area contributed by atoms with E-state index in [4.69, 9.17) is 18.5 Å². The van der Waals surface area contributed by atoms with Crippen molar-refractivity contribution in [2.75, 3.05) is 6.61 Å². The molecule has 2 aliphatic rings. The van der Waals surface area contributed by atoms with Gasteiger partial charge in [-0.1, -0.05) is 6.58 Å². The lowest BCUT2D eigenvalue weighted by Gasteiger charge is -2.35. The molecule has 1 aromatic heterocycles. The number of fused-ring (bicyclic) bond motifs is 1. The second-order valence-corrected chi connectivity index (χ2v) is 11.4. The third-order valence-corrected chi connectivity index (χ3v) is 7.80. The van der Waals surface area contributed by atoms with Gasteiger partial charge in [-0.05, 0) is 52.0 Å². The lowest BCUT2D eigenvalue weighted by Crippen LogP contribution is -2.51. The van der Waals surface area contributed by atoms with E-state index in [-0.39, 0.29) is 11.6 Å². The number of hydrogen-bond acceptors (Lipinski definition) is 9. The molecule has 1 aromatic carbocycles. The maximum Gasteiger partial charge on any atom is 0.459 e. The maximum atomic E-state index is 15.7. The summed E-state index contributed by atoms with van der Waals surface area (Å²) < 4.78 is 51.8. The first-order valence-electron chi connectivity index (χ1n) is 12.3. The third-order valence-electron chi connectivity index (χ3n) is 6.15. The van der Waals surface area contributed by atoms with Crippen LogP contribution in [0.4, 0.5) is 4.39 Å². The first-order chi connectivity index (χ1) is 18.3. The first-order valence-corrected chi connectivity index (χ1v) is 13.8. The molecule has 14 heteroatoms. The van der Waals surface area contributed by atoms with Crippen LogP contribution in [-0.4, -0.2) is 69.7 Å². The summed E-state index contributed by atoms with van der Waals surface area (Å²) in [6, 6.07) is 5.59. The van der Waals surface area contributed by atoms with E-state index in [2.05, 4.69) is 22.0 Å². The van der Waals surface area contributed by atoms with Gasteiger partial charge in [0.25, 0.3) is 5.91 Å². The van der Waals surface area contributed by atoms with Gasteiger partial charge in [-0.3, -0.25) is 14.1 Å². The predicted octanol–water partition coefficient (Wildman–Crippen LogP) is 2.83. The molecule has 39 heavy (non-hydrogen) atoms. The first kappa shape index (κ1) is 28.8. The maximum absolute atomic E-state index is 15.7. The van der Waals surface area contributed by atoms with Crippen molar-refractivity contribution in [1.29, 1.82) is 0 Å². The minimum absolute atomic E-state index is 0.0541. The van der Waals surface area contributed by atoms with Crippen molar-refractivity contribution >= 4 is 30.5 Å². The molecule has 6 atom stereocenters. The topological polar surface area (TPSA) is 151 Å². The summed E-state index contributed by atoms with van der Waals surface area (Å²) in [7, 11) is -4.32. The number of amides is 1. The van der Waals surface area contributed by atoms with Crippen molar-refractivity contribution in [3.8, 4) is 5.75 Å². The number of rotatable bonds is 10.